The Bertz CT molecular complexity index is 567. The number of carboxylic acids is 1. The van der Waals surface area contributed by atoms with Crippen LogP contribution in [0.15, 0.2) is 24.3 Å². The van der Waals surface area contributed by atoms with Crippen molar-refractivity contribution >= 4 is 11.9 Å². The van der Waals surface area contributed by atoms with E-state index >= 15 is 0 Å². The molecule has 0 radical (unpaired) electrons. The van der Waals surface area contributed by atoms with Crippen molar-refractivity contribution in [1.29, 1.82) is 0 Å². The van der Waals surface area contributed by atoms with Crippen LogP contribution in [0.2, 0.25) is 0 Å². The van der Waals surface area contributed by atoms with Gasteiger partial charge in [0.15, 0.2) is 0 Å². The van der Waals surface area contributed by atoms with Gasteiger partial charge in [-0.3, -0.25) is 4.79 Å². The molecule has 1 amide bonds. The second kappa shape index (κ2) is 6.24. The number of amides is 1. The molecular weight excluding hydrogens is 320 g/mol. The van der Waals surface area contributed by atoms with E-state index < -0.39 is 47.8 Å². The summed E-state index contributed by atoms with van der Waals surface area (Å²) in [6.45, 7) is 0. The highest BCUT2D eigenvalue weighted by atomic mass is 19.4. The van der Waals surface area contributed by atoms with Crippen molar-refractivity contribution in [1.82, 2.24) is 5.32 Å². The predicted octanol–water partition coefficient (Wildman–Crippen LogP) is 2.84. The third kappa shape index (κ3) is 5.26. The van der Waals surface area contributed by atoms with E-state index in [4.69, 9.17) is 5.11 Å². The lowest BCUT2D eigenvalue weighted by Crippen LogP contribution is -2.43. The van der Waals surface area contributed by atoms with Crippen LogP contribution in [0.25, 0.3) is 0 Å². The van der Waals surface area contributed by atoms with Crippen LogP contribution in [0, 0.1) is 0 Å². The van der Waals surface area contributed by atoms with E-state index in [9.17, 15) is 35.9 Å². The average Bonchev–Trinajstić information content (AvgIpc) is 2.35. The zero-order valence-corrected chi connectivity index (χ0v) is 10.6. The summed E-state index contributed by atoms with van der Waals surface area (Å²) in [5, 5.41) is 10.2. The Kier molecular flexibility index (Phi) is 5.05. The molecule has 10 heteroatoms. The molecular formula is C12H9F6NO3. The standard InChI is InChI=1S/C12H9F6NO3/c13-11(14,15)5-8(10(21)22)19-9(20)6-2-1-3-7(4-6)12(16,17)18/h1-4,8H,5H2,(H,19,20)(H,21,22). The molecule has 0 saturated heterocycles. The normalized spacial score (nSPS) is 13.5. The molecule has 1 rings (SSSR count). The molecule has 0 aliphatic heterocycles. The van der Waals surface area contributed by atoms with Gasteiger partial charge in [0.2, 0.25) is 0 Å². The van der Waals surface area contributed by atoms with E-state index in [1.54, 1.807) is 5.32 Å². The van der Waals surface area contributed by atoms with Crippen molar-refractivity contribution in [3.05, 3.63) is 35.4 Å². The van der Waals surface area contributed by atoms with Crippen molar-refractivity contribution in [2.75, 3.05) is 0 Å². The van der Waals surface area contributed by atoms with Gasteiger partial charge in [-0.15, -0.1) is 0 Å². The lowest BCUT2D eigenvalue weighted by Gasteiger charge is -2.16. The highest BCUT2D eigenvalue weighted by molar-refractivity contribution is 5.96. The van der Waals surface area contributed by atoms with E-state index in [1.807, 2.05) is 0 Å². The number of hydrogen-bond acceptors (Lipinski definition) is 2. The monoisotopic (exact) mass is 329 g/mol. The first-order valence-corrected chi connectivity index (χ1v) is 5.68. The Balaban J connectivity index is 2.94. The maximum atomic E-state index is 12.5. The summed E-state index contributed by atoms with van der Waals surface area (Å²) in [5.74, 6) is -3.29. The molecule has 0 fully saturated rings. The number of aliphatic carboxylic acids is 1. The molecule has 0 aromatic heterocycles. The second-order valence-corrected chi connectivity index (χ2v) is 4.26. The van der Waals surface area contributed by atoms with E-state index in [-0.39, 0.29) is 0 Å². The molecule has 1 unspecified atom stereocenters. The fourth-order valence-electron chi connectivity index (χ4n) is 1.51. The third-order valence-corrected chi connectivity index (χ3v) is 2.49. The number of carbonyl (C=O) groups is 2. The number of carbonyl (C=O) groups excluding carboxylic acids is 1. The van der Waals surface area contributed by atoms with Crippen molar-refractivity contribution in [2.45, 2.75) is 24.8 Å². The third-order valence-electron chi connectivity index (χ3n) is 2.49. The lowest BCUT2D eigenvalue weighted by molar-refractivity contribution is -0.157. The Morgan fingerprint density at radius 1 is 1.14 bits per heavy atom. The molecule has 0 spiro atoms. The number of alkyl halides is 6. The van der Waals surface area contributed by atoms with Crippen molar-refractivity contribution < 1.29 is 41.0 Å². The quantitative estimate of drug-likeness (QED) is 0.835. The summed E-state index contributed by atoms with van der Waals surface area (Å²) in [4.78, 5) is 22.3. The topological polar surface area (TPSA) is 66.4 Å². The smallest absolute Gasteiger partial charge is 0.416 e. The number of hydrogen-bond donors (Lipinski definition) is 2. The van der Waals surface area contributed by atoms with Crippen LogP contribution in [0.5, 0.6) is 0 Å². The van der Waals surface area contributed by atoms with Gasteiger partial charge in [0.05, 0.1) is 12.0 Å². The minimum Gasteiger partial charge on any atom is -0.480 e. The molecule has 122 valence electrons. The first kappa shape index (κ1) is 17.8. The molecule has 0 bridgehead atoms. The molecule has 0 aliphatic carbocycles. The van der Waals surface area contributed by atoms with E-state index in [0.29, 0.717) is 12.1 Å². The summed E-state index contributed by atoms with van der Waals surface area (Å²) in [5.41, 5.74) is -1.77. The Morgan fingerprint density at radius 3 is 2.18 bits per heavy atom. The molecule has 2 N–H and O–H groups in total. The zero-order valence-electron chi connectivity index (χ0n) is 10.6. The number of halogens is 6. The molecule has 22 heavy (non-hydrogen) atoms. The summed E-state index contributed by atoms with van der Waals surface area (Å²) in [6, 6.07) is 0.610. The van der Waals surface area contributed by atoms with Gasteiger partial charge in [0.1, 0.15) is 6.04 Å². The van der Waals surface area contributed by atoms with Crippen LogP contribution >= 0.6 is 0 Å². The molecule has 4 nitrogen and oxygen atoms in total. The Labute approximate surface area is 119 Å². The fraction of sp³-hybridized carbons (Fsp3) is 0.333. The zero-order chi connectivity index (χ0) is 17.1. The average molecular weight is 329 g/mol. The molecule has 1 aromatic carbocycles. The van der Waals surface area contributed by atoms with Gasteiger partial charge in [-0.2, -0.15) is 26.3 Å². The van der Waals surface area contributed by atoms with Crippen LogP contribution < -0.4 is 5.32 Å². The maximum Gasteiger partial charge on any atom is 0.416 e. The molecule has 1 aromatic rings. The molecule has 1 atom stereocenters. The van der Waals surface area contributed by atoms with Crippen LogP contribution in [0.3, 0.4) is 0 Å². The molecule has 0 heterocycles. The van der Waals surface area contributed by atoms with Crippen LogP contribution in [-0.2, 0) is 11.0 Å². The van der Waals surface area contributed by atoms with Crippen molar-refractivity contribution in [2.24, 2.45) is 0 Å². The highest BCUT2D eigenvalue weighted by Gasteiger charge is 2.37. The Hall–Kier alpha value is -2.26. The van der Waals surface area contributed by atoms with Gasteiger partial charge < -0.3 is 10.4 Å². The fourth-order valence-corrected chi connectivity index (χ4v) is 1.51. The van der Waals surface area contributed by atoms with Gasteiger partial charge in [-0.25, -0.2) is 4.79 Å². The summed E-state index contributed by atoms with van der Waals surface area (Å²) in [7, 11) is 0. The minimum atomic E-state index is -4.86. The first-order valence-electron chi connectivity index (χ1n) is 5.68. The lowest BCUT2D eigenvalue weighted by atomic mass is 10.1. The first-order chi connectivity index (χ1) is 9.90. The van der Waals surface area contributed by atoms with Gasteiger partial charge in [0.25, 0.3) is 5.91 Å². The Morgan fingerprint density at radius 2 is 1.73 bits per heavy atom. The maximum absolute atomic E-state index is 12.5. The predicted molar refractivity (Wildman–Crippen MR) is 61.0 cm³/mol. The summed E-state index contributed by atoms with van der Waals surface area (Å²) < 4.78 is 73.9. The number of carboxylic acid groups (broad SMARTS) is 1. The van der Waals surface area contributed by atoms with E-state index in [2.05, 4.69) is 0 Å². The molecule has 0 saturated carbocycles. The summed E-state index contributed by atoms with van der Waals surface area (Å²) in [6.07, 6.45) is -11.4. The highest BCUT2D eigenvalue weighted by Crippen LogP contribution is 2.29. The second-order valence-electron chi connectivity index (χ2n) is 4.26. The summed E-state index contributed by atoms with van der Waals surface area (Å²) >= 11 is 0. The van der Waals surface area contributed by atoms with Crippen LogP contribution in [-0.4, -0.2) is 29.2 Å². The van der Waals surface area contributed by atoms with Gasteiger partial charge in [0, 0.05) is 5.56 Å². The van der Waals surface area contributed by atoms with Crippen molar-refractivity contribution in [3.8, 4) is 0 Å². The number of benzene rings is 1. The minimum absolute atomic E-state index is 0.418. The largest absolute Gasteiger partial charge is 0.480 e. The van der Waals surface area contributed by atoms with Crippen molar-refractivity contribution in [3.63, 3.8) is 0 Å². The van der Waals surface area contributed by atoms with Gasteiger partial charge in [-0.05, 0) is 18.2 Å². The number of rotatable bonds is 4. The number of nitrogens with one attached hydrogen (secondary N) is 1. The SMILES string of the molecule is O=C(NC(CC(F)(F)F)C(=O)O)c1cccc(C(F)(F)F)c1. The van der Waals surface area contributed by atoms with Gasteiger partial charge >= 0.3 is 18.3 Å². The van der Waals surface area contributed by atoms with E-state index in [1.165, 1.54) is 0 Å². The van der Waals surface area contributed by atoms with Gasteiger partial charge in [-0.1, -0.05) is 6.07 Å². The van der Waals surface area contributed by atoms with Crippen LogP contribution in [0.1, 0.15) is 22.3 Å². The molecule has 0 aliphatic rings. The van der Waals surface area contributed by atoms with E-state index in [0.717, 1.165) is 12.1 Å². The van der Waals surface area contributed by atoms with Crippen LogP contribution in [0.4, 0.5) is 26.3 Å².